The van der Waals surface area contributed by atoms with E-state index in [2.05, 4.69) is 0 Å². The van der Waals surface area contributed by atoms with Crippen molar-refractivity contribution in [2.75, 3.05) is 13.6 Å². The van der Waals surface area contributed by atoms with Crippen LogP contribution >= 0.6 is 0 Å². The summed E-state index contributed by atoms with van der Waals surface area (Å²) in [6.45, 7) is -0.893. The lowest BCUT2D eigenvalue weighted by molar-refractivity contribution is -0.789. The van der Waals surface area contributed by atoms with Crippen molar-refractivity contribution < 1.29 is 27.6 Å². The molecule has 6 heteroatoms. The summed E-state index contributed by atoms with van der Waals surface area (Å²) in [5.74, 6) is -1.54. The number of nitrogens with zero attached hydrogens (tertiary/aromatic N) is 1. The van der Waals surface area contributed by atoms with Gasteiger partial charge in [-0.1, -0.05) is 0 Å². The average molecular weight is 222 g/mol. The molecule has 15 heavy (non-hydrogen) atoms. The van der Waals surface area contributed by atoms with Crippen LogP contribution in [-0.2, 0) is 4.79 Å². The lowest BCUT2D eigenvalue weighted by Gasteiger charge is -2.18. The topological polar surface area (TPSA) is 37.3 Å². The largest absolute Gasteiger partial charge is 0.481 e. The molecule has 0 spiro atoms. The third kappa shape index (κ3) is 1.62. The van der Waals surface area contributed by atoms with Crippen molar-refractivity contribution in [1.82, 2.24) is 0 Å². The first kappa shape index (κ1) is 10.5. The number of carbonyl (C=O) groups is 1. The normalized spacial score (nSPS) is 38.5. The van der Waals surface area contributed by atoms with Crippen molar-refractivity contribution in [3.05, 3.63) is 11.8 Å². The fourth-order valence-corrected chi connectivity index (χ4v) is 2.42. The molecular formula is C9H11F3NO2+. The fraction of sp³-hybridized carbons (Fsp3) is 0.667. The number of carboxylic acids is 1. The second-order valence-corrected chi connectivity index (χ2v) is 4.33. The van der Waals surface area contributed by atoms with E-state index in [0.29, 0.717) is 12.1 Å². The van der Waals surface area contributed by atoms with Crippen LogP contribution in [0, 0.1) is 5.92 Å². The van der Waals surface area contributed by atoms with Gasteiger partial charge in [0, 0.05) is 6.42 Å². The zero-order chi connectivity index (χ0) is 11.4. The molecule has 1 heterocycles. The standard InChI is InChI=1S/C9H10F3NO2/c1-13(4-9(10,11)12)6-2-5(8(14)15)3-7(6)13/h2,5,7H,3-4H2,1H3/p+1/t5-,7-,13?/m1/s1. The van der Waals surface area contributed by atoms with Crippen molar-refractivity contribution >= 4 is 5.97 Å². The molecule has 2 rings (SSSR count). The van der Waals surface area contributed by atoms with Gasteiger partial charge in [0.15, 0.2) is 18.3 Å². The molecule has 1 aliphatic carbocycles. The molecule has 0 aromatic heterocycles. The van der Waals surface area contributed by atoms with Gasteiger partial charge in [-0.3, -0.25) is 9.28 Å². The van der Waals surface area contributed by atoms with Crippen LogP contribution in [0.5, 0.6) is 0 Å². The lowest BCUT2D eigenvalue weighted by Crippen LogP contribution is -2.36. The van der Waals surface area contributed by atoms with Crippen molar-refractivity contribution in [1.29, 1.82) is 0 Å². The average Bonchev–Trinajstić information content (AvgIpc) is 2.45. The van der Waals surface area contributed by atoms with Gasteiger partial charge in [-0.15, -0.1) is 0 Å². The van der Waals surface area contributed by atoms with Crippen molar-refractivity contribution in [3.63, 3.8) is 0 Å². The maximum atomic E-state index is 12.2. The number of quaternary nitrogens is 1. The second-order valence-electron chi connectivity index (χ2n) is 4.33. The van der Waals surface area contributed by atoms with Gasteiger partial charge in [-0.25, -0.2) is 0 Å². The number of halogens is 3. The maximum Gasteiger partial charge on any atom is 0.438 e. The fourth-order valence-electron chi connectivity index (χ4n) is 2.42. The third-order valence-electron chi connectivity index (χ3n) is 3.23. The van der Waals surface area contributed by atoms with Gasteiger partial charge in [0.05, 0.1) is 13.0 Å². The van der Waals surface area contributed by atoms with Crippen molar-refractivity contribution in [2.24, 2.45) is 5.92 Å². The summed E-state index contributed by atoms with van der Waals surface area (Å²) in [6.07, 6.45) is -2.42. The number of carboxylic acid groups (broad SMARTS) is 1. The number of hydrogen-bond donors (Lipinski definition) is 1. The quantitative estimate of drug-likeness (QED) is 0.566. The Bertz CT molecular complexity index is 350. The Labute approximate surface area is 84.4 Å². The minimum atomic E-state index is -4.20. The van der Waals surface area contributed by atoms with E-state index < -0.39 is 24.6 Å². The van der Waals surface area contributed by atoms with E-state index >= 15 is 0 Å². The summed E-state index contributed by atoms with van der Waals surface area (Å²) >= 11 is 0. The summed E-state index contributed by atoms with van der Waals surface area (Å²) < 4.78 is 36.4. The smallest absolute Gasteiger partial charge is 0.438 e. The van der Waals surface area contributed by atoms with E-state index in [-0.39, 0.29) is 10.5 Å². The van der Waals surface area contributed by atoms with Crippen LogP contribution in [0.2, 0.25) is 0 Å². The molecule has 1 saturated heterocycles. The highest BCUT2D eigenvalue weighted by Gasteiger charge is 2.66. The Balaban J connectivity index is 2.08. The van der Waals surface area contributed by atoms with Gasteiger partial charge < -0.3 is 5.11 Å². The molecular weight excluding hydrogens is 211 g/mol. The van der Waals surface area contributed by atoms with Gasteiger partial charge in [0.1, 0.15) is 0 Å². The van der Waals surface area contributed by atoms with Crippen LogP contribution in [0.3, 0.4) is 0 Å². The molecule has 84 valence electrons. The highest BCUT2D eigenvalue weighted by molar-refractivity contribution is 5.73. The first-order valence-electron chi connectivity index (χ1n) is 4.61. The van der Waals surface area contributed by atoms with Crippen molar-refractivity contribution in [2.45, 2.75) is 18.6 Å². The van der Waals surface area contributed by atoms with E-state index in [0.717, 1.165) is 0 Å². The van der Waals surface area contributed by atoms with E-state index in [1.165, 1.54) is 13.1 Å². The molecule has 2 aliphatic rings. The van der Waals surface area contributed by atoms with Crippen molar-refractivity contribution in [3.8, 4) is 0 Å². The van der Waals surface area contributed by atoms with Crippen LogP contribution < -0.4 is 0 Å². The molecule has 1 N–H and O–H groups in total. The molecule has 1 fully saturated rings. The zero-order valence-electron chi connectivity index (χ0n) is 8.08. The third-order valence-corrected chi connectivity index (χ3v) is 3.23. The second kappa shape index (κ2) is 2.75. The maximum absolute atomic E-state index is 12.2. The molecule has 3 nitrogen and oxygen atoms in total. The molecule has 1 unspecified atom stereocenters. The van der Waals surface area contributed by atoms with E-state index in [9.17, 15) is 18.0 Å². The van der Waals surface area contributed by atoms with Gasteiger partial charge in [-0.2, -0.15) is 13.2 Å². The Kier molecular flexibility index (Phi) is 1.92. The van der Waals surface area contributed by atoms with Gasteiger partial charge in [0.2, 0.25) is 0 Å². The first-order valence-corrected chi connectivity index (χ1v) is 4.61. The Hall–Kier alpha value is -1.04. The number of rotatable bonds is 2. The highest BCUT2D eigenvalue weighted by Crippen LogP contribution is 2.52. The van der Waals surface area contributed by atoms with E-state index in [1.54, 1.807) is 0 Å². The number of aliphatic carboxylic acids is 1. The lowest BCUT2D eigenvalue weighted by atomic mass is 10.1. The van der Waals surface area contributed by atoms with Crippen LogP contribution in [0.1, 0.15) is 6.42 Å². The van der Waals surface area contributed by atoms with E-state index in [4.69, 9.17) is 5.11 Å². The number of likely N-dealkylation sites (N-methyl/N-ethyl adjacent to an activating group) is 1. The summed E-state index contributed by atoms with van der Waals surface area (Å²) in [4.78, 5) is 10.6. The van der Waals surface area contributed by atoms with Gasteiger partial charge in [0.25, 0.3) is 0 Å². The molecule has 3 atom stereocenters. The van der Waals surface area contributed by atoms with Gasteiger partial charge >= 0.3 is 12.1 Å². The minimum absolute atomic E-state index is 0.146. The predicted octanol–water partition coefficient (Wildman–Crippen LogP) is 1.37. The summed E-state index contributed by atoms with van der Waals surface area (Å²) in [5.41, 5.74) is 0.625. The summed E-state index contributed by atoms with van der Waals surface area (Å²) in [5, 5.41) is 8.68. The molecule has 0 aromatic carbocycles. The number of hydrogen-bond acceptors (Lipinski definition) is 1. The molecule has 0 bridgehead atoms. The first-order chi connectivity index (χ1) is 6.74. The van der Waals surface area contributed by atoms with Crippen LogP contribution in [0.25, 0.3) is 0 Å². The molecule has 0 aromatic rings. The molecule has 0 amide bonds. The SMILES string of the molecule is C[N+]1(CC(F)(F)F)C2=C[C@@H](C(=O)O)C[C@H]21. The summed E-state index contributed by atoms with van der Waals surface area (Å²) in [7, 11) is 1.50. The monoisotopic (exact) mass is 222 g/mol. The Morgan fingerprint density at radius 3 is 2.60 bits per heavy atom. The van der Waals surface area contributed by atoms with Crippen LogP contribution in [-0.4, -0.2) is 41.4 Å². The molecule has 0 radical (unpaired) electrons. The van der Waals surface area contributed by atoms with Crippen LogP contribution in [0.15, 0.2) is 11.8 Å². The summed E-state index contributed by atoms with van der Waals surface area (Å²) in [6, 6.07) is -0.229. The molecule has 0 saturated carbocycles. The predicted molar refractivity (Wildman–Crippen MR) is 44.7 cm³/mol. The number of fused-ring (bicyclic) bond motifs is 1. The van der Waals surface area contributed by atoms with E-state index in [1.807, 2.05) is 0 Å². The Morgan fingerprint density at radius 1 is 1.67 bits per heavy atom. The molecule has 1 aliphatic heterocycles. The Morgan fingerprint density at radius 2 is 2.27 bits per heavy atom. The van der Waals surface area contributed by atoms with Crippen LogP contribution in [0.4, 0.5) is 13.2 Å². The number of alkyl halides is 3. The zero-order valence-corrected chi connectivity index (χ0v) is 8.08. The highest BCUT2D eigenvalue weighted by atomic mass is 19.4. The van der Waals surface area contributed by atoms with Gasteiger partial charge in [-0.05, 0) is 6.08 Å². The minimum Gasteiger partial charge on any atom is -0.481 e.